The summed E-state index contributed by atoms with van der Waals surface area (Å²) in [4.78, 5) is 30.5. The number of aliphatic hydroxyl groups is 1. The second-order valence-electron chi connectivity index (χ2n) is 7.33. The van der Waals surface area contributed by atoms with Crippen LogP contribution in [-0.4, -0.2) is 66.0 Å². The highest BCUT2D eigenvalue weighted by atomic mass is 32.1. The van der Waals surface area contributed by atoms with E-state index >= 15 is 0 Å². The third-order valence-corrected chi connectivity index (χ3v) is 6.36. The monoisotopic (exact) mass is 412 g/mol. The summed E-state index contributed by atoms with van der Waals surface area (Å²) in [6.07, 6.45) is 0. The van der Waals surface area contributed by atoms with E-state index in [0.717, 1.165) is 23.5 Å². The lowest BCUT2D eigenvalue weighted by Crippen LogP contribution is -2.42. The average Bonchev–Trinajstić information content (AvgIpc) is 3.35. The lowest BCUT2D eigenvalue weighted by atomic mass is 9.99. The van der Waals surface area contributed by atoms with Gasteiger partial charge < -0.3 is 14.7 Å². The molecule has 1 amide bonds. The minimum absolute atomic E-state index is 0.115. The Morgan fingerprint density at radius 3 is 2.52 bits per heavy atom. The van der Waals surface area contributed by atoms with Crippen molar-refractivity contribution in [1.82, 2.24) is 9.80 Å². The highest BCUT2D eigenvalue weighted by molar-refractivity contribution is 7.10. The number of morpholine rings is 1. The maximum absolute atomic E-state index is 12.9. The Kier molecular flexibility index (Phi) is 5.80. The van der Waals surface area contributed by atoms with Gasteiger partial charge in [0.15, 0.2) is 0 Å². The molecule has 1 aromatic carbocycles. The van der Waals surface area contributed by atoms with Crippen LogP contribution < -0.4 is 0 Å². The van der Waals surface area contributed by atoms with Crippen LogP contribution in [-0.2, 0) is 14.3 Å². The number of nitrogens with zero attached hydrogens (tertiary/aromatic N) is 2. The van der Waals surface area contributed by atoms with Crippen molar-refractivity contribution in [3.8, 4) is 0 Å². The number of carbonyl (C=O) groups is 2. The molecule has 2 saturated heterocycles. The molecule has 1 atom stereocenters. The predicted molar refractivity (Wildman–Crippen MR) is 112 cm³/mol. The topological polar surface area (TPSA) is 70.1 Å². The summed E-state index contributed by atoms with van der Waals surface area (Å²) < 4.78 is 5.38. The van der Waals surface area contributed by atoms with Gasteiger partial charge in [0.2, 0.25) is 0 Å². The van der Waals surface area contributed by atoms with E-state index in [4.69, 9.17) is 4.74 Å². The number of hydrogen-bond acceptors (Lipinski definition) is 6. The third-order valence-electron chi connectivity index (χ3n) is 5.44. The van der Waals surface area contributed by atoms with Gasteiger partial charge in [-0.15, -0.1) is 11.3 Å². The van der Waals surface area contributed by atoms with E-state index < -0.39 is 17.7 Å². The Morgan fingerprint density at radius 1 is 1.14 bits per heavy atom. The molecule has 152 valence electrons. The minimum atomic E-state index is -0.622. The molecule has 6 nitrogen and oxygen atoms in total. The van der Waals surface area contributed by atoms with Gasteiger partial charge in [-0.2, -0.15) is 0 Å². The van der Waals surface area contributed by atoms with Gasteiger partial charge in [-0.3, -0.25) is 14.5 Å². The Morgan fingerprint density at radius 2 is 1.86 bits per heavy atom. The molecule has 0 radical (unpaired) electrons. The normalized spacial score (nSPS) is 22.4. The second-order valence-corrected chi connectivity index (χ2v) is 8.31. The molecule has 3 heterocycles. The fraction of sp³-hybridized carbons (Fsp3) is 0.364. The summed E-state index contributed by atoms with van der Waals surface area (Å²) in [5.74, 6) is -1.29. The Bertz CT molecular complexity index is 915. The van der Waals surface area contributed by atoms with Gasteiger partial charge in [0.25, 0.3) is 11.7 Å². The molecule has 0 bridgehead atoms. The largest absolute Gasteiger partial charge is 0.507 e. The van der Waals surface area contributed by atoms with Gasteiger partial charge in [0.05, 0.1) is 24.8 Å². The number of hydrogen-bond donors (Lipinski definition) is 1. The molecule has 0 saturated carbocycles. The zero-order chi connectivity index (χ0) is 20.4. The average molecular weight is 413 g/mol. The Labute approximate surface area is 174 Å². The van der Waals surface area contributed by atoms with Crippen molar-refractivity contribution >= 4 is 28.8 Å². The van der Waals surface area contributed by atoms with Crippen LogP contribution in [0.2, 0.25) is 0 Å². The molecule has 2 aliphatic rings. The molecule has 1 unspecified atom stereocenters. The zero-order valence-corrected chi connectivity index (χ0v) is 17.2. The number of aliphatic hydroxyl groups excluding tert-OH is 1. The molecule has 2 aliphatic heterocycles. The van der Waals surface area contributed by atoms with E-state index in [1.54, 1.807) is 17.0 Å². The van der Waals surface area contributed by atoms with Crippen LogP contribution in [0.5, 0.6) is 0 Å². The number of amides is 1. The van der Waals surface area contributed by atoms with Crippen LogP contribution in [0.4, 0.5) is 0 Å². The van der Waals surface area contributed by atoms with Crippen molar-refractivity contribution in [1.29, 1.82) is 0 Å². The van der Waals surface area contributed by atoms with Gasteiger partial charge in [-0.05, 0) is 18.4 Å². The minimum Gasteiger partial charge on any atom is -0.507 e. The first-order valence-electron chi connectivity index (χ1n) is 9.75. The van der Waals surface area contributed by atoms with Crippen molar-refractivity contribution in [2.45, 2.75) is 13.0 Å². The number of Topliss-reactive ketones (excluding diaryl/α,β-unsaturated/α-hetero) is 1. The number of likely N-dealkylation sites (tertiary alicyclic amines) is 1. The zero-order valence-electron chi connectivity index (χ0n) is 16.3. The number of ketones is 1. The highest BCUT2D eigenvalue weighted by Crippen LogP contribution is 2.40. The van der Waals surface area contributed by atoms with Crippen LogP contribution >= 0.6 is 11.3 Å². The number of aryl methyl sites for hydroxylation is 1. The fourth-order valence-electron chi connectivity index (χ4n) is 3.79. The van der Waals surface area contributed by atoms with Gasteiger partial charge in [-0.1, -0.05) is 35.9 Å². The number of ether oxygens (including phenoxy) is 1. The smallest absolute Gasteiger partial charge is 0.295 e. The first-order chi connectivity index (χ1) is 14.1. The van der Waals surface area contributed by atoms with Crippen LogP contribution in [0, 0.1) is 6.92 Å². The third kappa shape index (κ3) is 3.99. The van der Waals surface area contributed by atoms with Crippen molar-refractivity contribution < 1.29 is 19.4 Å². The maximum Gasteiger partial charge on any atom is 0.295 e. The first-order valence-corrected chi connectivity index (χ1v) is 10.6. The molecule has 2 fully saturated rings. The lowest BCUT2D eigenvalue weighted by molar-refractivity contribution is -0.140. The summed E-state index contributed by atoms with van der Waals surface area (Å²) in [6.45, 7) is 6.05. The molecule has 2 aromatic rings. The van der Waals surface area contributed by atoms with Gasteiger partial charge in [0.1, 0.15) is 5.76 Å². The molecule has 0 spiro atoms. The molecular formula is C22H24N2O4S. The maximum atomic E-state index is 12.9. The van der Waals surface area contributed by atoms with Crippen LogP contribution in [0.1, 0.15) is 22.0 Å². The number of benzene rings is 1. The predicted octanol–water partition coefficient (Wildman–Crippen LogP) is 2.81. The summed E-state index contributed by atoms with van der Waals surface area (Å²) in [6, 6.07) is 10.6. The Hall–Kier alpha value is -2.48. The van der Waals surface area contributed by atoms with E-state index in [2.05, 4.69) is 4.90 Å². The highest BCUT2D eigenvalue weighted by Gasteiger charge is 2.46. The van der Waals surface area contributed by atoms with Crippen molar-refractivity contribution in [2.24, 2.45) is 0 Å². The van der Waals surface area contributed by atoms with Crippen LogP contribution in [0.3, 0.4) is 0 Å². The molecule has 1 aromatic heterocycles. The van der Waals surface area contributed by atoms with Crippen LogP contribution in [0.25, 0.3) is 5.76 Å². The van der Waals surface area contributed by atoms with Gasteiger partial charge in [0, 0.05) is 36.6 Å². The summed E-state index contributed by atoms with van der Waals surface area (Å²) in [7, 11) is 0. The van der Waals surface area contributed by atoms with E-state index in [-0.39, 0.29) is 11.3 Å². The first kappa shape index (κ1) is 19.8. The SMILES string of the molecule is Cc1ccc(/C(O)=C2\C(=O)C(=O)N(CCN3CCOCC3)C2c2cccs2)cc1. The van der Waals surface area contributed by atoms with E-state index in [1.165, 1.54) is 11.3 Å². The number of carbonyl (C=O) groups excluding carboxylic acids is 2. The van der Waals surface area contributed by atoms with Crippen molar-refractivity contribution in [3.05, 3.63) is 63.4 Å². The van der Waals surface area contributed by atoms with E-state index in [9.17, 15) is 14.7 Å². The second kappa shape index (κ2) is 8.49. The van der Waals surface area contributed by atoms with Gasteiger partial charge >= 0.3 is 0 Å². The van der Waals surface area contributed by atoms with Gasteiger partial charge in [-0.25, -0.2) is 0 Å². The molecule has 0 aliphatic carbocycles. The summed E-state index contributed by atoms with van der Waals surface area (Å²) in [5.41, 5.74) is 1.77. The van der Waals surface area contributed by atoms with Crippen LogP contribution in [0.15, 0.2) is 47.4 Å². The lowest BCUT2D eigenvalue weighted by Gasteiger charge is -2.30. The van der Waals surface area contributed by atoms with E-state index in [1.807, 2.05) is 36.6 Å². The standard InChI is InChI=1S/C22H24N2O4S/c1-15-4-6-16(7-5-15)20(25)18-19(17-3-2-14-29-17)24(22(27)21(18)26)9-8-23-10-12-28-13-11-23/h2-7,14,19,25H,8-13H2,1H3/b20-18+. The van der Waals surface area contributed by atoms with Crippen molar-refractivity contribution in [3.63, 3.8) is 0 Å². The van der Waals surface area contributed by atoms with E-state index in [0.29, 0.717) is 31.9 Å². The summed E-state index contributed by atoms with van der Waals surface area (Å²) in [5, 5.41) is 12.9. The molecule has 4 rings (SSSR count). The molecule has 29 heavy (non-hydrogen) atoms. The molecule has 7 heteroatoms. The fourth-order valence-corrected chi connectivity index (χ4v) is 4.64. The number of rotatable bonds is 5. The van der Waals surface area contributed by atoms with Crippen molar-refractivity contribution in [2.75, 3.05) is 39.4 Å². The quantitative estimate of drug-likeness (QED) is 0.465. The summed E-state index contributed by atoms with van der Waals surface area (Å²) >= 11 is 1.48. The Balaban J connectivity index is 1.68. The number of thiophene rings is 1. The molecular weight excluding hydrogens is 388 g/mol. The molecule has 1 N–H and O–H groups in total.